The zero-order chi connectivity index (χ0) is 28.3. The molecule has 6 rings (SSSR count). The third-order valence-corrected chi connectivity index (χ3v) is 7.70. The number of carboxylic acids is 1. The molecule has 2 aromatic heterocycles. The van der Waals surface area contributed by atoms with Crippen LogP contribution in [0.15, 0.2) is 89.7 Å². The van der Waals surface area contributed by atoms with E-state index < -0.39 is 12.0 Å². The fourth-order valence-corrected chi connectivity index (χ4v) is 5.71. The first-order valence-electron chi connectivity index (χ1n) is 13.8. The molecule has 3 aromatic carbocycles. The molecule has 1 atom stereocenters. The van der Waals surface area contributed by atoms with Crippen molar-refractivity contribution in [3.8, 4) is 22.5 Å². The van der Waals surface area contributed by atoms with Gasteiger partial charge in [0.2, 0.25) is 0 Å². The Bertz CT molecular complexity index is 1780. The van der Waals surface area contributed by atoms with Gasteiger partial charge in [-0.25, -0.2) is 14.6 Å². The van der Waals surface area contributed by atoms with Crippen LogP contribution in [0, 0.1) is 0 Å². The molecule has 1 unspecified atom stereocenters. The third kappa shape index (κ3) is 4.91. The number of hydrogen-bond acceptors (Lipinski definition) is 5. The standard InChI is InChI=1S/C32H30N6O3/c1-2-3-13-28-27(31(39)38-29(14-8-19-37(28)38)24-10-5-7-12-26(24)32(40)41)20-21-15-17-22(18-16-21)23-9-4-6-11-25(23)30-33-35-36-34-30/h4-12,14-18,29H,2-3,13,19-20H2,1H3,(H,40,41)(H,33,34,35,36). The third-order valence-electron chi connectivity index (χ3n) is 7.70. The normalized spacial score (nSPS) is 14.2. The predicted octanol–water partition coefficient (Wildman–Crippen LogP) is 5.29. The van der Waals surface area contributed by atoms with Gasteiger partial charge in [-0.1, -0.05) is 92.2 Å². The lowest BCUT2D eigenvalue weighted by molar-refractivity contribution is 0.0695. The molecule has 0 amide bonds. The number of nitrogens with zero attached hydrogens (tertiary/aromatic N) is 5. The molecule has 0 radical (unpaired) electrons. The van der Waals surface area contributed by atoms with Gasteiger partial charge >= 0.3 is 5.97 Å². The SMILES string of the molecule is CCCCc1c(Cc2ccc(-c3ccccc3-c3nnn[nH]3)cc2)c(=O)n2n1CC=CC2c1ccccc1C(=O)O. The van der Waals surface area contributed by atoms with Crippen LogP contribution in [0.3, 0.4) is 0 Å². The van der Waals surface area contributed by atoms with Gasteiger partial charge in [0.25, 0.3) is 5.56 Å². The fourth-order valence-electron chi connectivity index (χ4n) is 5.71. The van der Waals surface area contributed by atoms with Gasteiger partial charge in [0.15, 0.2) is 5.82 Å². The molecule has 1 aliphatic heterocycles. The number of fused-ring (bicyclic) bond motifs is 1. The molecule has 2 N–H and O–H groups in total. The van der Waals surface area contributed by atoms with Crippen LogP contribution in [-0.2, 0) is 19.4 Å². The first kappa shape index (κ1) is 26.2. The topological polar surface area (TPSA) is 119 Å². The van der Waals surface area contributed by atoms with Crippen LogP contribution in [0.2, 0.25) is 0 Å². The van der Waals surface area contributed by atoms with Crippen molar-refractivity contribution >= 4 is 5.97 Å². The first-order valence-corrected chi connectivity index (χ1v) is 13.8. The highest BCUT2D eigenvalue weighted by atomic mass is 16.4. The van der Waals surface area contributed by atoms with Gasteiger partial charge in [0.1, 0.15) is 0 Å². The smallest absolute Gasteiger partial charge is 0.336 e. The highest BCUT2D eigenvalue weighted by Gasteiger charge is 2.28. The summed E-state index contributed by atoms with van der Waals surface area (Å²) in [5, 5.41) is 24.2. The number of carbonyl (C=O) groups is 1. The lowest BCUT2D eigenvalue weighted by atomic mass is 9.96. The lowest BCUT2D eigenvalue weighted by Crippen LogP contribution is -2.31. The first-order chi connectivity index (χ1) is 20.1. The molecule has 0 saturated heterocycles. The van der Waals surface area contributed by atoms with Crippen molar-refractivity contribution in [1.29, 1.82) is 0 Å². The van der Waals surface area contributed by atoms with Gasteiger partial charge in [-0.3, -0.25) is 9.48 Å². The molecule has 3 heterocycles. The average Bonchev–Trinajstić information content (AvgIpc) is 3.64. The van der Waals surface area contributed by atoms with Crippen molar-refractivity contribution in [1.82, 2.24) is 30.0 Å². The summed E-state index contributed by atoms with van der Waals surface area (Å²) in [7, 11) is 0. The largest absolute Gasteiger partial charge is 0.478 e. The molecule has 206 valence electrons. The van der Waals surface area contributed by atoms with Crippen molar-refractivity contribution in [3.05, 3.63) is 123 Å². The Balaban J connectivity index is 1.38. The fraction of sp³-hybridized carbons (Fsp3) is 0.219. The van der Waals surface area contributed by atoms with Gasteiger partial charge in [0.05, 0.1) is 18.2 Å². The number of unbranched alkanes of at least 4 members (excludes halogenated alkanes) is 1. The van der Waals surface area contributed by atoms with E-state index in [2.05, 4.69) is 51.8 Å². The highest BCUT2D eigenvalue weighted by molar-refractivity contribution is 5.89. The van der Waals surface area contributed by atoms with Gasteiger partial charge < -0.3 is 5.11 Å². The number of nitrogens with one attached hydrogen (secondary N) is 1. The van der Waals surface area contributed by atoms with E-state index in [9.17, 15) is 14.7 Å². The second-order valence-electron chi connectivity index (χ2n) is 10.2. The number of hydrogen-bond donors (Lipinski definition) is 2. The molecular formula is C32H30N6O3. The molecule has 0 aliphatic carbocycles. The van der Waals surface area contributed by atoms with Gasteiger partial charge in [-0.05, 0) is 51.6 Å². The maximum Gasteiger partial charge on any atom is 0.336 e. The van der Waals surface area contributed by atoms with Crippen LogP contribution in [0.25, 0.3) is 22.5 Å². The molecule has 9 heteroatoms. The number of tetrazole rings is 1. The van der Waals surface area contributed by atoms with Crippen LogP contribution < -0.4 is 5.56 Å². The molecule has 0 saturated carbocycles. The lowest BCUT2D eigenvalue weighted by Gasteiger charge is -2.25. The summed E-state index contributed by atoms with van der Waals surface area (Å²) in [4.78, 5) is 26.1. The molecular weight excluding hydrogens is 516 g/mol. The molecule has 0 fully saturated rings. The Kier molecular flexibility index (Phi) is 7.16. The van der Waals surface area contributed by atoms with E-state index >= 15 is 0 Å². The number of H-pyrrole nitrogens is 1. The molecule has 5 aromatic rings. The van der Waals surface area contributed by atoms with Gasteiger partial charge in [0, 0.05) is 23.2 Å². The molecule has 9 nitrogen and oxygen atoms in total. The predicted molar refractivity (Wildman–Crippen MR) is 156 cm³/mol. The minimum absolute atomic E-state index is 0.0714. The summed E-state index contributed by atoms with van der Waals surface area (Å²) in [6.45, 7) is 2.72. The van der Waals surface area contributed by atoms with Crippen LogP contribution in [-0.4, -0.2) is 41.1 Å². The summed E-state index contributed by atoms with van der Waals surface area (Å²) >= 11 is 0. The van der Waals surface area contributed by atoms with E-state index in [1.165, 1.54) is 0 Å². The summed E-state index contributed by atoms with van der Waals surface area (Å²) in [6, 6.07) is 22.6. The zero-order valence-electron chi connectivity index (χ0n) is 22.7. The second kappa shape index (κ2) is 11.2. The van der Waals surface area contributed by atoms with Crippen molar-refractivity contribution in [2.75, 3.05) is 0 Å². The molecule has 0 bridgehead atoms. The van der Waals surface area contributed by atoms with E-state index in [0.717, 1.165) is 52.8 Å². The Morgan fingerprint density at radius 2 is 1.78 bits per heavy atom. The van der Waals surface area contributed by atoms with Crippen LogP contribution in [0.1, 0.15) is 58.5 Å². The Morgan fingerprint density at radius 1 is 1.02 bits per heavy atom. The maximum atomic E-state index is 14.1. The van der Waals surface area contributed by atoms with Crippen LogP contribution in [0.5, 0.6) is 0 Å². The Morgan fingerprint density at radius 3 is 2.51 bits per heavy atom. The van der Waals surface area contributed by atoms with Gasteiger partial charge in [-0.15, -0.1) is 5.10 Å². The summed E-state index contributed by atoms with van der Waals surface area (Å²) in [6.07, 6.45) is 7.21. The maximum absolute atomic E-state index is 14.1. The minimum Gasteiger partial charge on any atom is -0.478 e. The number of benzene rings is 3. The summed E-state index contributed by atoms with van der Waals surface area (Å²) < 4.78 is 3.80. The number of allylic oxidation sites excluding steroid dienone is 2. The monoisotopic (exact) mass is 546 g/mol. The molecule has 41 heavy (non-hydrogen) atoms. The van der Waals surface area contributed by atoms with Crippen molar-refractivity contribution < 1.29 is 9.90 Å². The number of aromatic amines is 1. The Labute approximate surface area is 236 Å². The van der Waals surface area contributed by atoms with Crippen molar-refractivity contribution in [2.24, 2.45) is 0 Å². The van der Waals surface area contributed by atoms with E-state index in [0.29, 0.717) is 24.4 Å². The number of aromatic nitrogens is 6. The van der Waals surface area contributed by atoms with Crippen molar-refractivity contribution in [3.63, 3.8) is 0 Å². The van der Waals surface area contributed by atoms with Crippen molar-refractivity contribution in [2.45, 2.75) is 45.2 Å². The second-order valence-corrected chi connectivity index (χ2v) is 10.2. The minimum atomic E-state index is -1.00. The molecule has 1 aliphatic rings. The van der Waals surface area contributed by atoms with E-state index in [1.54, 1.807) is 22.9 Å². The van der Waals surface area contributed by atoms with E-state index in [1.807, 2.05) is 47.2 Å². The number of carboxylic acid groups (broad SMARTS) is 1. The van der Waals surface area contributed by atoms with E-state index in [4.69, 9.17) is 0 Å². The number of aromatic carboxylic acids is 1. The summed E-state index contributed by atoms with van der Waals surface area (Å²) in [5.41, 5.74) is 6.49. The quantitative estimate of drug-likeness (QED) is 0.243. The average molecular weight is 547 g/mol. The van der Waals surface area contributed by atoms with Gasteiger partial charge in [-0.2, -0.15) is 0 Å². The number of rotatable bonds is 9. The van der Waals surface area contributed by atoms with Crippen LogP contribution in [0.4, 0.5) is 0 Å². The summed E-state index contributed by atoms with van der Waals surface area (Å²) in [5.74, 6) is -0.399. The zero-order valence-corrected chi connectivity index (χ0v) is 22.7. The van der Waals surface area contributed by atoms with Crippen LogP contribution >= 0.6 is 0 Å². The van der Waals surface area contributed by atoms with E-state index in [-0.39, 0.29) is 11.1 Å². The highest BCUT2D eigenvalue weighted by Crippen LogP contribution is 2.31. The molecule has 0 spiro atoms. The Hall–Kier alpha value is -5.05.